The van der Waals surface area contributed by atoms with Crippen molar-refractivity contribution in [1.29, 1.82) is 0 Å². The van der Waals surface area contributed by atoms with Crippen LogP contribution >= 0.6 is 0 Å². The first kappa shape index (κ1) is 58.8. The number of benzene rings is 1. The average molecular weight is 856 g/mol. The van der Waals surface area contributed by atoms with Crippen molar-refractivity contribution in [2.24, 2.45) is 0 Å². The van der Waals surface area contributed by atoms with Gasteiger partial charge >= 0.3 is 51.4 Å². The van der Waals surface area contributed by atoms with Gasteiger partial charge in [-0.3, -0.25) is 0 Å². The third-order valence-electron chi connectivity index (χ3n) is 12.8. The van der Waals surface area contributed by atoms with E-state index in [1.165, 1.54) is 295 Å². The van der Waals surface area contributed by atoms with Gasteiger partial charge in [0, 0.05) is 0 Å². The van der Waals surface area contributed by atoms with Crippen LogP contribution in [0.4, 0.5) is 0 Å². The second kappa shape index (κ2) is 47.3. The molecule has 0 saturated carbocycles. The SMILES string of the molecule is CCCCCCCCCCCCCCCCCCCCCCCCCCCCCCCCCCCCCCCCCCCCCCCc1ccc(S(=O)(=O)[O-])cc1.[K+]. The maximum atomic E-state index is 11.0. The Morgan fingerprint density at radius 2 is 0.483 bits per heavy atom. The zero-order chi connectivity index (χ0) is 41.0. The van der Waals surface area contributed by atoms with Gasteiger partial charge in [-0.25, -0.2) is 8.42 Å². The summed E-state index contributed by atoms with van der Waals surface area (Å²) in [5, 5.41) is 0. The molecule has 0 fully saturated rings. The third-order valence-corrected chi connectivity index (χ3v) is 13.6. The number of hydrogen-bond donors (Lipinski definition) is 0. The Hall–Kier alpha value is 0.766. The van der Waals surface area contributed by atoms with Crippen molar-refractivity contribution < 1.29 is 64.4 Å². The molecule has 0 unspecified atom stereocenters. The van der Waals surface area contributed by atoms with Gasteiger partial charge in [0.25, 0.3) is 0 Å². The number of aryl methyl sites for hydroxylation is 1. The van der Waals surface area contributed by atoms with Crippen molar-refractivity contribution in [3.8, 4) is 0 Å². The van der Waals surface area contributed by atoms with Crippen molar-refractivity contribution in [3.63, 3.8) is 0 Å². The quantitative estimate of drug-likeness (QED) is 0.0373. The molecule has 5 heteroatoms. The van der Waals surface area contributed by atoms with Crippen molar-refractivity contribution >= 4 is 10.1 Å². The minimum Gasteiger partial charge on any atom is -0.744 e. The van der Waals surface area contributed by atoms with Crippen LogP contribution < -0.4 is 51.4 Å². The predicted molar refractivity (Wildman–Crippen MR) is 252 cm³/mol. The smallest absolute Gasteiger partial charge is 0.744 e. The Bertz CT molecular complexity index is 1030. The molecule has 3 nitrogen and oxygen atoms in total. The molecule has 0 bridgehead atoms. The van der Waals surface area contributed by atoms with Crippen molar-refractivity contribution in [2.45, 2.75) is 307 Å². The molecule has 1 aromatic carbocycles. The van der Waals surface area contributed by atoms with Crippen molar-refractivity contribution in [2.75, 3.05) is 0 Å². The molecule has 0 aliphatic carbocycles. The molecule has 0 aliphatic heterocycles. The fraction of sp³-hybridized carbons (Fsp3) is 0.887. The van der Waals surface area contributed by atoms with E-state index in [0.29, 0.717) is 0 Å². The van der Waals surface area contributed by atoms with Crippen LogP contribution in [0.2, 0.25) is 0 Å². The predicted octanol–water partition coefficient (Wildman–Crippen LogP) is 15.7. The average Bonchev–Trinajstić information content (AvgIpc) is 3.20. The van der Waals surface area contributed by atoms with Gasteiger partial charge in [-0.1, -0.05) is 302 Å². The van der Waals surface area contributed by atoms with Crippen LogP contribution in [0.15, 0.2) is 29.2 Å². The summed E-state index contributed by atoms with van der Waals surface area (Å²) in [6.45, 7) is 2.31. The Labute approximate surface area is 407 Å². The zero-order valence-corrected chi connectivity index (χ0v) is 43.4. The second-order valence-electron chi connectivity index (χ2n) is 18.4. The molecule has 0 N–H and O–H groups in total. The van der Waals surface area contributed by atoms with Crippen LogP contribution in [0.25, 0.3) is 0 Å². The molecular weight excluding hydrogens is 756 g/mol. The summed E-state index contributed by atoms with van der Waals surface area (Å²) in [5.74, 6) is 0. The monoisotopic (exact) mass is 855 g/mol. The molecule has 0 heterocycles. The van der Waals surface area contributed by atoms with Crippen LogP contribution in [0.1, 0.15) is 301 Å². The first-order valence-corrected chi connectivity index (χ1v) is 27.5. The molecule has 336 valence electrons. The van der Waals surface area contributed by atoms with Crippen molar-refractivity contribution in [1.82, 2.24) is 0 Å². The van der Waals surface area contributed by atoms with E-state index < -0.39 is 10.1 Å². The fourth-order valence-electron chi connectivity index (χ4n) is 8.83. The fourth-order valence-corrected chi connectivity index (χ4v) is 9.30. The maximum absolute atomic E-state index is 11.0. The standard InChI is InChI=1S/C53H100O3S.K/c1-2-3-4-5-6-7-8-9-10-11-12-13-14-15-16-17-18-19-20-21-22-23-24-25-26-27-28-29-30-31-32-33-34-35-36-37-38-39-40-41-42-43-44-45-46-47-52-48-50-53(51-49-52)57(54,55)56;/h48-51H,2-47H2,1H3,(H,54,55,56);/q;+1/p-1. The van der Waals surface area contributed by atoms with E-state index in [2.05, 4.69) is 6.92 Å². The van der Waals surface area contributed by atoms with E-state index in [0.717, 1.165) is 18.4 Å². The summed E-state index contributed by atoms with van der Waals surface area (Å²) in [6.07, 6.45) is 65.8. The molecule has 1 aromatic rings. The summed E-state index contributed by atoms with van der Waals surface area (Å²) >= 11 is 0. The van der Waals surface area contributed by atoms with Gasteiger partial charge < -0.3 is 4.55 Å². The van der Waals surface area contributed by atoms with Crippen molar-refractivity contribution in [3.05, 3.63) is 29.8 Å². The number of rotatable bonds is 47. The van der Waals surface area contributed by atoms with Gasteiger partial charge in [-0.05, 0) is 30.5 Å². The maximum Gasteiger partial charge on any atom is 1.00 e. The normalized spacial score (nSPS) is 11.7. The topological polar surface area (TPSA) is 57.2 Å². The molecule has 58 heavy (non-hydrogen) atoms. The van der Waals surface area contributed by atoms with E-state index in [1.54, 1.807) is 12.1 Å². The van der Waals surface area contributed by atoms with Gasteiger partial charge in [0.15, 0.2) is 0 Å². The number of hydrogen-bond acceptors (Lipinski definition) is 3. The third kappa shape index (κ3) is 43.4. The van der Waals surface area contributed by atoms with Gasteiger partial charge in [-0.2, -0.15) is 0 Å². The van der Waals surface area contributed by atoms with E-state index in [1.807, 2.05) is 0 Å². The van der Waals surface area contributed by atoms with Gasteiger partial charge in [0.05, 0.1) is 4.90 Å². The molecular formula is C53H99KO3S. The zero-order valence-electron chi connectivity index (χ0n) is 39.5. The molecule has 0 aromatic heterocycles. The summed E-state index contributed by atoms with van der Waals surface area (Å²) in [5.41, 5.74) is 1.12. The van der Waals surface area contributed by atoms with Gasteiger partial charge in [0.2, 0.25) is 0 Å². The van der Waals surface area contributed by atoms with Crippen LogP contribution in [-0.2, 0) is 16.5 Å². The summed E-state index contributed by atoms with van der Waals surface area (Å²) in [7, 11) is -4.33. The van der Waals surface area contributed by atoms with Crippen LogP contribution in [-0.4, -0.2) is 13.0 Å². The Morgan fingerprint density at radius 3 is 0.655 bits per heavy atom. The summed E-state index contributed by atoms with van der Waals surface area (Å²) < 4.78 is 33.1. The Balaban J connectivity index is 0.0000325. The minimum atomic E-state index is -4.33. The summed E-state index contributed by atoms with van der Waals surface area (Å²) in [4.78, 5) is -0.131. The van der Waals surface area contributed by atoms with E-state index >= 15 is 0 Å². The van der Waals surface area contributed by atoms with E-state index in [9.17, 15) is 13.0 Å². The van der Waals surface area contributed by atoms with Gasteiger partial charge in [-0.15, -0.1) is 0 Å². The van der Waals surface area contributed by atoms with E-state index in [-0.39, 0.29) is 56.3 Å². The second-order valence-corrected chi connectivity index (χ2v) is 19.8. The molecule has 1 rings (SSSR count). The molecule has 0 spiro atoms. The van der Waals surface area contributed by atoms with Crippen LogP contribution in [0.5, 0.6) is 0 Å². The van der Waals surface area contributed by atoms with Crippen LogP contribution in [0, 0.1) is 0 Å². The Kier molecular flexibility index (Phi) is 47.9. The first-order chi connectivity index (χ1) is 28.0. The number of unbranched alkanes of at least 4 members (excludes halogenated alkanes) is 44. The molecule has 0 saturated heterocycles. The molecule has 0 aliphatic rings. The molecule has 0 atom stereocenters. The van der Waals surface area contributed by atoms with Crippen LogP contribution in [0.3, 0.4) is 0 Å². The molecule has 0 radical (unpaired) electrons. The molecule has 0 amide bonds. The van der Waals surface area contributed by atoms with E-state index in [4.69, 9.17) is 0 Å². The summed E-state index contributed by atoms with van der Waals surface area (Å²) in [6, 6.07) is 6.42. The first-order valence-electron chi connectivity index (χ1n) is 26.1. The van der Waals surface area contributed by atoms with Gasteiger partial charge in [0.1, 0.15) is 10.1 Å². The Morgan fingerprint density at radius 1 is 0.310 bits per heavy atom. The largest absolute Gasteiger partial charge is 1.00 e. The minimum absolute atomic E-state index is 0.